The van der Waals surface area contributed by atoms with Crippen molar-refractivity contribution in [2.24, 2.45) is 5.92 Å². The van der Waals surface area contributed by atoms with Gasteiger partial charge in [0.1, 0.15) is 0 Å². The van der Waals surface area contributed by atoms with Gasteiger partial charge in [0.2, 0.25) is 0 Å². The van der Waals surface area contributed by atoms with E-state index in [1.165, 1.54) is 44.9 Å². The second-order valence-corrected chi connectivity index (χ2v) is 5.04. The van der Waals surface area contributed by atoms with Gasteiger partial charge < -0.3 is 5.32 Å². The van der Waals surface area contributed by atoms with Crippen molar-refractivity contribution in [2.45, 2.75) is 71.8 Å². The molecule has 0 heterocycles. The third kappa shape index (κ3) is 8.96. The molecule has 0 aromatic heterocycles. The van der Waals surface area contributed by atoms with E-state index in [-0.39, 0.29) is 0 Å². The molecule has 0 aliphatic heterocycles. The molecule has 96 valence electrons. The van der Waals surface area contributed by atoms with Crippen molar-refractivity contribution < 1.29 is 0 Å². The van der Waals surface area contributed by atoms with Crippen LogP contribution in [-0.4, -0.2) is 12.6 Å². The molecule has 1 heteroatoms. The molecular weight excluding hydrogens is 194 g/mol. The highest BCUT2D eigenvalue weighted by Gasteiger charge is 2.10. The molecule has 0 aromatic rings. The van der Waals surface area contributed by atoms with Crippen LogP contribution in [0.3, 0.4) is 0 Å². The maximum absolute atomic E-state index is 3.75. The zero-order chi connectivity index (χ0) is 12.2. The maximum Gasteiger partial charge on any atom is 0.00899 e. The summed E-state index contributed by atoms with van der Waals surface area (Å²) in [6.45, 7) is 11.7. The van der Waals surface area contributed by atoms with Crippen LogP contribution in [-0.2, 0) is 0 Å². The maximum atomic E-state index is 3.75. The molecule has 0 radical (unpaired) electrons. The molecule has 0 rings (SSSR count). The van der Waals surface area contributed by atoms with E-state index in [1.54, 1.807) is 0 Å². The molecule has 0 saturated heterocycles. The van der Waals surface area contributed by atoms with Crippen LogP contribution in [0.4, 0.5) is 0 Å². The van der Waals surface area contributed by atoms with E-state index in [9.17, 15) is 0 Å². The summed E-state index contributed by atoms with van der Waals surface area (Å²) in [5.74, 6) is 0.765. The number of allylic oxidation sites excluding steroid dienone is 1. The molecule has 16 heavy (non-hydrogen) atoms. The lowest BCUT2D eigenvalue weighted by Crippen LogP contribution is -2.33. The summed E-state index contributed by atoms with van der Waals surface area (Å²) >= 11 is 0. The van der Waals surface area contributed by atoms with Gasteiger partial charge in [0.25, 0.3) is 0 Å². The topological polar surface area (TPSA) is 12.0 Å². The molecule has 0 bridgehead atoms. The monoisotopic (exact) mass is 225 g/mol. The Morgan fingerprint density at radius 2 is 1.69 bits per heavy atom. The van der Waals surface area contributed by atoms with Gasteiger partial charge in [-0.25, -0.2) is 0 Å². The summed E-state index contributed by atoms with van der Waals surface area (Å²) in [7, 11) is 0. The van der Waals surface area contributed by atoms with Gasteiger partial charge in [0, 0.05) is 6.04 Å². The average molecular weight is 225 g/mol. The smallest absolute Gasteiger partial charge is 0.00899 e. The van der Waals surface area contributed by atoms with Gasteiger partial charge in [-0.2, -0.15) is 0 Å². The summed E-state index contributed by atoms with van der Waals surface area (Å²) in [4.78, 5) is 0. The Bertz CT molecular complexity index is 152. The van der Waals surface area contributed by atoms with Crippen LogP contribution in [0.25, 0.3) is 0 Å². The number of hydrogen-bond donors (Lipinski definition) is 1. The molecule has 0 amide bonds. The van der Waals surface area contributed by atoms with Crippen LogP contribution in [0.5, 0.6) is 0 Å². The molecule has 0 spiro atoms. The van der Waals surface area contributed by atoms with Crippen molar-refractivity contribution in [3.05, 3.63) is 12.7 Å². The summed E-state index contributed by atoms with van der Waals surface area (Å²) in [5.41, 5.74) is 0. The van der Waals surface area contributed by atoms with Crippen LogP contribution in [0, 0.1) is 5.92 Å². The van der Waals surface area contributed by atoms with Crippen molar-refractivity contribution in [3.63, 3.8) is 0 Å². The van der Waals surface area contributed by atoms with Crippen LogP contribution in [0.1, 0.15) is 65.7 Å². The van der Waals surface area contributed by atoms with E-state index in [0.717, 1.165) is 18.5 Å². The van der Waals surface area contributed by atoms with E-state index in [4.69, 9.17) is 0 Å². The molecule has 1 atom stereocenters. The molecule has 1 unspecified atom stereocenters. The van der Waals surface area contributed by atoms with Gasteiger partial charge in [0.15, 0.2) is 0 Å². The predicted molar refractivity (Wildman–Crippen MR) is 74.8 cm³/mol. The van der Waals surface area contributed by atoms with Crippen molar-refractivity contribution in [2.75, 3.05) is 6.54 Å². The first-order chi connectivity index (χ1) is 7.72. The fourth-order valence-corrected chi connectivity index (χ4v) is 2.12. The minimum Gasteiger partial charge on any atom is -0.314 e. The molecule has 0 saturated carbocycles. The summed E-state index contributed by atoms with van der Waals surface area (Å²) < 4.78 is 0. The van der Waals surface area contributed by atoms with Gasteiger partial charge in [-0.15, -0.1) is 6.58 Å². The van der Waals surface area contributed by atoms with Gasteiger partial charge in [0.05, 0.1) is 0 Å². The molecule has 1 N–H and O–H groups in total. The van der Waals surface area contributed by atoms with E-state index >= 15 is 0 Å². The number of hydrogen-bond acceptors (Lipinski definition) is 1. The van der Waals surface area contributed by atoms with Gasteiger partial charge in [-0.1, -0.05) is 52.5 Å². The quantitative estimate of drug-likeness (QED) is 0.402. The highest BCUT2D eigenvalue weighted by molar-refractivity contribution is 4.70. The predicted octanol–water partition coefficient (Wildman–Crippen LogP) is 4.54. The minimum atomic E-state index is 0.721. The third-order valence-corrected chi connectivity index (χ3v) is 3.19. The fraction of sp³-hybridized carbons (Fsp3) is 0.867. The first kappa shape index (κ1) is 15.7. The normalized spacial score (nSPS) is 13.0. The standard InChI is InChI=1S/C15H31N/c1-5-7-8-9-10-11-12-13-15(14(3)4)16-6-2/h5,14-16H,1,6-13H2,2-4H3. The second kappa shape index (κ2) is 11.2. The molecule has 0 aliphatic rings. The van der Waals surface area contributed by atoms with Crippen LogP contribution in [0.2, 0.25) is 0 Å². The lowest BCUT2D eigenvalue weighted by molar-refractivity contribution is 0.370. The SMILES string of the molecule is C=CCCCCCCCC(NCC)C(C)C. The Kier molecular flexibility index (Phi) is 11.0. The number of unbranched alkanes of at least 4 members (excludes halogenated alkanes) is 5. The lowest BCUT2D eigenvalue weighted by Gasteiger charge is -2.21. The first-order valence-electron chi connectivity index (χ1n) is 7.06. The Morgan fingerprint density at radius 1 is 1.06 bits per heavy atom. The minimum absolute atomic E-state index is 0.721. The first-order valence-corrected chi connectivity index (χ1v) is 7.06. The molecule has 1 nitrogen and oxygen atoms in total. The van der Waals surface area contributed by atoms with E-state index < -0.39 is 0 Å². The average Bonchev–Trinajstić information content (AvgIpc) is 2.26. The Labute approximate surface area is 103 Å². The van der Waals surface area contributed by atoms with Crippen LogP contribution < -0.4 is 5.32 Å². The second-order valence-electron chi connectivity index (χ2n) is 5.04. The van der Waals surface area contributed by atoms with Crippen molar-refractivity contribution in [3.8, 4) is 0 Å². The van der Waals surface area contributed by atoms with Crippen molar-refractivity contribution in [1.82, 2.24) is 5.32 Å². The summed E-state index contributed by atoms with van der Waals surface area (Å²) in [6.07, 6.45) is 11.4. The summed E-state index contributed by atoms with van der Waals surface area (Å²) in [5, 5.41) is 3.58. The third-order valence-electron chi connectivity index (χ3n) is 3.19. The van der Waals surface area contributed by atoms with Crippen molar-refractivity contribution >= 4 is 0 Å². The lowest BCUT2D eigenvalue weighted by atomic mass is 9.97. The molecule has 0 aromatic carbocycles. The Hall–Kier alpha value is -0.300. The van der Waals surface area contributed by atoms with E-state index in [2.05, 4.69) is 32.7 Å². The number of nitrogens with one attached hydrogen (secondary N) is 1. The summed E-state index contributed by atoms with van der Waals surface area (Å²) in [6, 6.07) is 0.721. The van der Waals surface area contributed by atoms with Gasteiger partial charge in [-0.3, -0.25) is 0 Å². The molecular formula is C15H31N. The van der Waals surface area contributed by atoms with Gasteiger partial charge in [-0.05, 0) is 31.7 Å². The zero-order valence-corrected chi connectivity index (χ0v) is 11.6. The zero-order valence-electron chi connectivity index (χ0n) is 11.6. The largest absolute Gasteiger partial charge is 0.314 e. The van der Waals surface area contributed by atoms with Crippen LogP contribution in [0.15, 0.2) is 12.7 Å². The van der Waals surface area contributed by atoms with E-state index in [1.807, 2.05) is 6.08 Å². The van der Waals surface area contributed by atoms with Gasteiger partial charge >= 0.3 is 0 Å². The Balaban J connectivity index is 3.36. The Morgan fingerprint density at radius 3 is 2.25 bits per heavy atom. The fourth-order valence-electron chi connectivity index (χ4n) is 2.12. The highest BCUT2D eigenvalue weighted by atomic mass is 14.9. The van der Waals surface area contributed by atoms with Crippen molar-refractivity contribution in [1.29, 1.82) is 0 Å². The highest BCUT2D eigenvalue weighted by Crippen LogP contribution is 2.13. The molecule has 0 aliphatic carbocycles. The van der Waals surface area contributed by atoms with E-state index in [0.29, 0.717) is 0 Å². The molecule has 0 fully saturated rings. The van der Waals surface area contributed by atoms with Crippen LogP contribution >= 0.6 is 0 Å². The number of rotatable bonds is 11.